The number of carbonyl (C=O) groups excluding carboxylic acids is 1. The van der Waals surface area contributed by atoms with Gasteiger partial charge >= 0.3 is 0 Å². The summed E-state index contributed by atoms with van der Waals surface area (Å²) in [5.74, 6) is 3.45. The van der Waals surface area contributed by atoms with Gasteiger partial charge in [-0.2, -0.15) is 0 Å². The van der Waals surface area contributed by atoms with Crippen LogP contribution in [0.3, 0.4) is 0 Å². The van der Waals surface area contributed by atoms with Crippen LogP contribution >= 0.6 is 0 Å². The summed E-state index contributed by atoms with van der Waals surface area (Å²) in [6.45, 7) is 9.25. The second-order valence-corrected chi connectivity index (χ2v) is 11.8. The highest BCUT2D eigenvalue weighted by atomic mass is 16.1. The molecule has 4 saturated carbocycles. The molecule has 4 fully saturated rings. The molecular weight excluding hydrogens is 340 g/mol. The van der Waals surface area contributed by atoms with Crippen molar-refractivity contribution in [2.24, 2.45) is 34.5 Å². The monoisotopic (exact) mass is 382 g/mol. The third kappa shape index (κ3) is 3.92. The van der Waals surface area contributed by atoms with E-state index < -0.39 is 0 Å². The molecule has 0 N–H and O–H groups in total. The number of allylic oxidation sites excluding steroid dienone is 4. The highest BCUT2D eigenvalue weighted by Gasteiger charge is 2.48. The molecule has 0 radical (unpaired) electrons. The van der Waals surface area contributed by atoms with Crippen molar-refractivity contribution in [1.29, 1.82) is 0 Å². The molecule has 0 aliphatic heterocycles. The van der Waals surface area contributed by atoms with Gasteiger partial charge in [0.05, 0.1) is 0 Å². The second-order valence-electron chi connectivity index (χ2n) is 11.8. The van der Waals surface area contributed by atoms with Crippen LogP contribution in [-0.2, 0) is 4.79 Å². The fourth-order valence-electron chi connectivity index (χ4n) is 7.41. The first-order valence-electron chi connectivity index (χ1n) is 12.3. The number of rotatable bonds is 8. The number of carbonyl (C=O) groups is 1. The average Bonchev–Trinajstić information content (AvgIpc) is 3.40. The molecule has 4 aliphatic rings. The van der Waals surface area contributed by atoms with E-state index in [1.165, 1.54) is 75.4 Å². The van der Waals surface area contributed by atoms with Crippen LogP contribution in [0, 0.1) is 34.5 Å². The second kappa shape index (κ2) is 7.77. The topological polar surface area (TPSA) is 17.1 Å². The third-order valence-electron chi connectivity index (χ3n) is 8.74. The van der Waals surface area contributed by atoms with Crippen molar-refractivity contribution >= 4 is 5.78 Å². The van der Waals surface area contributed by atoms with Crippen molar-refractivity contribution < 1.29 is 4.79 Å². The van der Waals surface area contributed by atoms with E-state index >= 15 is 0 Å². The zero-order valence-electron chi connectivity index (χ0n) is 18.9. The zero-order chi connectivity index (χ0) is 19.9. The van der Waals surface area contributed by atoms with Gasteiger partial charge in [-0.15, -0.1) is 0 Å². The maximum absolute atomic E-state index is 13.3. The lowest BCUT2D eigenvalue weighted by Crippen LogP contribution is -2.21. The molecular formula is C27H42O. The van der Waals surface area contributed by atoms with Crippen molar-refractivity contribution in [2.45, 2.75) is 105 Å². The SMILES string of the molecule is CC(C)CC(=CC(=O)C=C(CC(C)C)C12CCC(CC1)C2)C12CCC(CC1)C2. The van der Waals surface area contributed by atoms with Crippen LogP contribution in [0.4, 0.5) is 0 Å². The zero-order valence-corrected chi connectivity index (χ0v) is 18.9. The van der Waals surface area contributed by atoms with Crippen LogP contribution in [0.1, 0.15) is 105 Å². The first kappa shape index (κ1) is 20.4. The standard InChI is InChI=1S/C27H42O/c1-19(2)13-23(26-9-5-21(17-26)6-10-26)15-25(28)16-24(14-20(3)4)27-11-7-22(18-27)8-12-27/h15-16,19-22H,5-14,17-18H2,1-4H3. The summed E-state index contributed by atoms with van der Waals surface area (Å²) in [6.07, 6.45) is 20.1. The Balaban J connectivity index is 1.61. The lowest BCUT2D eigenvalue weighted by molar-refractivity contribution is -0.110. The Morgan fingerprint density at radius 1 is 0.750 bits per heavy atom. The Labute approximate surface area is 173 Å². The fourth-order valence-corrected chi connectivity index (χ4v) is 7.41. The molecule has 4 aliphatic carbocycles. The lowest BCUT2D eigenvalue weighted by atomic mass is 9.72. The maximum Gasteiger partial charge on any atom is 0.178 e. The Morgan fingerprint density at radius 2 is 1.11 bits per heavy atom. The summed E-state index contributed by atoms with van der Waals surface area (Å²) in [6, 6.07) is 0. The smallest absolute Gasteiger partial charge is 0.178 e. The number of ketones is 1. The van der Waals surface area contributed by atoms with Crippen LogP contribution in [0.25, 0.3) is 0 Å². The fraction of sp³-hybridized carbons (Fsp3) is 0.815. The van der Waals surface area contributed by atoms with Crippen molar-refractivity contribution in [1.82, 2.24) is 0 Å². The van der Waals surface area contributed by atoms with Gasteiger partial charge < -0.3 is 0 Å². The number of fused-ring (bicyclic) bond motifs is 4. The van der Waals surface area contributed by atoms with E-state index in [2.05, 4.69) is 39.8 Å². The third-order valence-corrected chi connectivity index (χ3v) is 8.74. The summed E-state index contributed by atoms with van der Waals surface area (Å²) in [5, 5.41) is 0. The molecule has 0 heterocycles. The van der Waals surface area contributed by atoms with Gasteiger partial charge in [0.1, 0.15) is 0 Å². The quantitative estimate of drug-likeness (QED) is 0.394. The van der Waals surface area contributed by atoms with E-state index in [1.807, 2.05) is 0 Å². The van der Waals surface area contributed by atoms with Gasteiger partial charge in [0.2, 0.25) is 0 Å². The normalized spacial score (nSPS) is 37.6. The molecule has 0 spiro atoms. The summed E-state index contributed by atoms with van der Waals surface area (Å²) in [4.78, 5) is 13.3. The van der Waals surface area contributed by atoms with Crippen molar-refractivity contribution in [2.75, 3.05) is 0 Å². The minimum absolute atomic E-state index is 0.306. The summed E-state index contributed by atoms with van der Waals surface area (Å²) >= 11 is 0. The van der Waals surface area contributed by atoms with Gasteiger partial charge in [-0.05, 0) is 124 Å². The Hall–Kier alpha value is -0.850. The van der Waals surface area contributed by atoms with Crippen molar-refractivity contribution in [3.63, 3.8) is 0 Å². The van der Waals surface area contributed by atoms with E-state index in [4.69, 9.17) is 0 Å². The van der Waals surface area contributed by atoms with Crippen LogP contribution in [0.2, 0.25) is 0 Å². The molecule has 1 heteroatoms. The molecule has 1 nitrogen and oxygen atoms in total. The predicted molar refractivity (Wildman–Crippen MR) is 118 cm³/mol. The molecule has 4 rings (SSSR count). The van der Waals surface area contributed by atoms with Crippen LogP contribution < -0.4 is 0 Å². The van der Waals surface area contributed by atoms with Crippen molar-refractivity contribution in [3.05, 3.63) is 23.3 Å². The first-order chi connectivity index (χ1) is 13.3. The minimum Gasteiger partial charge on any atom is -0.290 e. The maximum atomic E-state index is 13.3. The molecule has 0 saturated heterocycles. The van der Waals surface area contributed by atoms with Gasteiger partial charge in [-0.3, -0.25) is 4.79 Å². The van der Waals surface area contributed by atoms with E-state index in [0.717, 1.165) is 24.7 Å². The molecule has 156 valence electrons. The lowest BCUT2D eigenvalue weighted by Gasteiger charge is -2.32. The van der Waals surface area contributed by atoms with E-state index in [0.29, 0.717) is 28.4 Å². The average molecular weight is 383 g/mol. The number of hydrogen-bond donors (Lipinski definition) is 0. The Bertz CT molecular complexity index is 590. The van der Waals surface area contributed by atoms with Gasteiger partial charge in [-0.25, -0.2) is 0 Å². The highest BCUT2D eigenvalue weighted by molar-refractivity contribution is 6.00. The summed E-state index contributed by atoms with van der Waals surface area (Å²) in [5.41, 5.74) is 3.75. The molecule has 28 heavy (non-hydrogen) atoms. The minimum atomic E-state index is 0.306. The van der Waals surface area contributed by atoms with Crippen LogP contribution in [0.15, 0.2) is 23.3 Å². The Kier molecular flexibility index (Phi) is 5.66. The summed E-state index contributed by atoms with van der Waals surface area (Å²) < 4.78 is 0. The van der Waals surface area contributed by atoms with Crippen molar-refractivity contribution in [3.8, 4) is 0 Å². The van der Waals surface area contributed by atoms with Gasteiger partial charge in [0.15, 0.2) is 5.78 Å². The van der Waals surface area contributed by atoms with Gasteiger partial charge in [0, 0.05) is 0 Å². The van der Waals surface area contributed by atoms with E-state index in [1.54, 1.807) is 0 Å². The molecule has 0 unspecified atom stereocenters. The number of hydrogen-bond acceptors (Lipinski definition) is 1. The van der Waals surface area contributed by atoms with Crippen LogP contribution in [-0.4, -0.2) is 5.78 Å². The van der Waals surface area contributed by atoms with Gasteiger partial charge in [0.25, 0.3) is 0 Å². The van der Waals surface area contributed by atoms with Crippen LogP contribution in [0.5, 0.6) is 0 Å². The largest absolute Gasteiger partial charge is 0.290 e. The van der Waals surface area contributed by atoms with E-state index in [-0.39, 0.29) is 0 Å². The molecule has 0 aromatic carbocycles. The molecule has 0 aromatic heterocycles. The van der Waals surface area contributed by atoms with Gasteiger partial charge in [-0.1, -0.05) is 38.8 Å². The highest BCUT2D eigenvalue weighted by Crippen LogP contribution is 2.60. The summed E-state index contributed by atoms with van der Waals surface area (Å²) in [7, 11) is 0. The molecule has 0 atom stereocenters. The molecule has 4 bridgehead atoms. The molecule has 0 amide bonds. The predicted octanol–water partition coefficient (Wildman–Crippen LogP) is 7.66. The first-order valence-corrected chi connectivity index (χ1v) is 12.3. The Morgan fingerprint density at radius 3 is 1.36 bits per heavy atom. The van der Waals surface area contributed by atoms with E-state index in [9.17, 15) is 4.79 Å². The molecule has 0 aromatic rings.